The minimum atomic E-state index is 0.726. The molecule has 3 heteroatoms. The Bertz CT molecular complexity index is 367. The molecule has 0 aliphatic rings. The van der Waals surface area contributed by atoms with Crippen LogP contribution in [0, 0.1) is 0 Å². The van der Waals surface area contributed by atoms with Crippen LogP contribution in [0.5, 0.6) is 0 Å². The lowest BCUT2D eigenvalue weighted by molar-refractivity contribution is 0.390. The van der Waals surface area contributed by atoms with Crippen molar-refractivity contribution in [2.75, 3.05) is 5.48 Å². The third kappa shape index (κ3) is 0.860. The molecule has 0 radical (unpaired) electrons. The standard InChI is InChI=1S/C8H8N2O/c11-10-8-3-1-2-7-6(8)4-5-9-7/h1-5,9-11H. The molecular weight excluding hydrogens is 140 g/mol. The average molecular weight is 148 g/mol. The lowest BCUT2D eigenvalue weighted by Gasteiger charge is -1.98. The molecule has 0 aliphatic carbocycles. The Balaban J connectivity index is 2.79. The monoisotopic (exact) mass is 148 g/mol. The predicted octanol–water partition coefficient (Wildman–Crippen LogP) is 1.97. The number of fused-ring (bicyclic) bond motifs is 1. The molecule has 2 aromatic rings. The minimum absolute atomic E-state index is 0.726. The van der Waals surface area contributed by atoms with E-state index in [0.29, 0.717) is 0 Å². The van der Waals surface area contributed by atoms with Crippen LogP contribution in [0.2, 0.25) is 0 Å². The summed E-state index contributed by atoms with van der Waals surface area (Å²) in [4.78, 5) is 3.04. The fraction of sp³-hybridized carbons (Fsp3) is 0. The van der Waals surface area contributed by atoms with Crippen LogP contribution in [0.4, 0.5) is 5.69 Å². The summed E-state index contributed by atoms with van der Waals surface area (Å²) in [5, 5.41) is 9.69. The van der Waals surface area contributed by atoms with Crippen LogP contribution in [0.25, 0.3) is 10.9 Å². The van der Waals surface area contributed by atoms with Gasteiger partial charge in [-0.1, -0.05) is 6.07 Å². The zero-order valence-electron chi connectivity index (χ0n) is 5.83. The molecule has 0 atom stereocenters. The van der Waals surface area contributed by atoms with Crippen molar-refractivity contribution < 1.29 is 5.21 Å². The van der Waals surface area contributed by atoms with Crippen LogP contribution >= 0.6 is 0 Å². The Morgan fingerprint density at radius 3 is 3.00 bits per heavy atom. The van der Waals surface area contributed by atoms with Crippen molar-refractivity contribution in [3.8, 4) is 0 Å². The number of nitrogens with one attached hydrogen (secondary N) is 2. The predicted molar refractivity (Wildman–Crippen MR) is 43.7 cm³/mol. The number of aromatic nitrogens is 1. The number of benzene rings is 1. The first-order chi connectivity index (χ1) is 5.42. The van der Waals surface area contributed by atoms with E-state index in [1.54, 1.807) is 0 Å². The van der Waals surface area contributed by atoms with Gasteiger partial charge < -0.3 is 4.98 Å². The SMILES string of the molecule is ONc1cccc2[nH]ccc12. The summed E-state index contributed by atoms with van der Waals surface area (Å²) in [6.45, 7) is 0. The van der Waals surface area contributed by atoms with E-state index in [1.807, 2.05) is 30.5 Å². The van der Waals surface area contributed by atoms with E-state index in [4.69, 9.17) is 5.21 Å². The van der Waals surface area contributed by atoms with Crippen LogP contribution < -0.4 is 5.48 Å². The van der Waals surface area contributed by atoms with Crippen molar-refractivity contribution in [2.24, 2.45) is 0 Å². The summed E-state index contributed by atoms with van der Waals surface area (Å²) in [5.41, 5.74) is 3.88. The fourth-order valence-corrected chi connectivity index (χ4v) is 1.18. The molecule has 1 aromatic carbocycles. The van der Waals surface area contributed by atoms with E-state index >= 15 is 0 Å². The molecule has 0 aliphatic heterocycles. The van der Waals surface area contributed by atoms with E-state index in [-0.39, 0.29) is 0 Å². The van der Waals surface area contributed by atoms with Gasteiger partial charge in [-0.25, -0.2) is 0 Å². The zero-order valence-corrected chi connectivity index (χ0v) is 5.83. The topological polar surface area (TPSA) is 48.0 Å². The average Bonchev–Trinajstić information content (AvgIpc) is 2.50. The number of hydrogen-bond acceptors (Lipinski definition) is 2. The van der Waals surface area contributed by atoms with Gasteiger partial charge in [0.2, 0.25) is 0 Å². The van der Waals surface area contributed by atoms with E-state index in [0.717, 1.165) is 16.6 Å². The van der Waals surface area contributed by atoms with Gasteiger partial charge in [0, 0.05) is 17.1 Å². The normalized spacial score (nSPS) is 10.3. The Morgan fingerprint density at radius 2 is 2.18 bits per heavy atom. The van der Waals surface area contributed by atoms with Gasteiger partial charge in [0.05, 0.1) is 5.69 Å². The summed E-state index contributed by atoms with van der Waals surface area (Å²) < 4.78 is 0. The highest BCUT2D eigenvalue weighted by atomic mass is 16.5. The molecule has 0 amide bonds. The smallest absolute Gasteiger partial charge is 0.0695 e. The molecule has 2 rings (SSSR count). The maximum atomic E-state index is 8.69. The van der Waals surface area contributed by atoms with Crippen molar-refractivity contribution in [3.05, 3.63) is 30.5 Å². The van der Waals surface area contributed by atoms with Crippen molar-refractivity contribution in [3.63, 3.8) is 0 Å². The lowest BCUT2D eigenvalue weighted by Crippen LogP contribution is -1.88. The zero-order chi connectivity index (χ0) is 7.68. The van der Waals surface area contributed by atoms with Gasteiger partial charge in [-0.2, -0.15) is 0 Å². The molecular formula is C8H8N2O. The van der Waals surface area contributed by atoms with Gasteiger partial charge >= 0.3 is 0 Å². The van der Waals surface area contributed by atoms with Crippen molar-refractivity contribution >= 4 is 16.6 Å². The third-order valence-corrected chi connectivity index (χ3v) is 1.72. The number of H-pyrrole nitrogens is 1. The van der Waals surface area contributed by atoms with Crippen LogP contribution in [0.15, 0.2) is 30.5 Å². The van der Waals surface area contributed by atoms with Crippen molar-refractivity contribution in [1.82, 2.24) is 4.98 Å². The summed E-state index contributed by atoms with van der Waals surface area (Å²) in [6.07, 6.45) is 1.84. The second-order valence-electron chi connectivity index (χ2n) is 2.36. The second-order valence-corrected chi connectivity index (χ2v) is 2.36. The van der Waals surface area contributed by atoms with Crippen LogP contribution in [0.1, 0.15) is 0 Å². The lowest BCUT2D eigenvalue weighted by atomic mass is 10.2. The highest BCUT2D eigenvalue weighted by Gasteiger charge is 1.97. The largest absolute Gasteiger partial charge is 0.361 e. The molecule has 3 N–H and O–H groups in total. The quantitative estimate of drug-likeness (QED) is 0.541. The molecule has 1 heterocycles. The molecule has 0 bridgehead atoms. The first-order valence-corrected chi connectivity index (χ1v) is 3.38. The summed E-state index contributed by atoms with van der Waals surface area (Å²) >= 11 is 0. The fourth-order valence-electron chi connectivity index (χ4n) is 1.18. The maximum absolute atomic E-state index is 8.69. The third-order valence-electron chi connectivity index (χ3n) is 1.72. The molecule has 0 saturated heterocycles. The number of rotatable bonds is 1. The molecule has 0 unspecified atom stereocenters. The minimum Gasteiger partial charge on any atom is -0.361 e. The Labute approximate surface area is 63.6 Å². The van der Waals surface area contributed by atoms with Gasteiger partial charge in [-0.3, -0.25) is 10.7 Å². The Hall–Kier alpha value is -1.48. The van der Waals surface area contributed by atoms with E-state index in [2.05, 4.69) is 10.5 Å². The highest BCUT2D eigenvalue weighted by molar-refractivity contribution is 5.91. The van der Waals surface area contributed by atoms with E-state index in [9.17, 15) is 0 Å². The molecule has 0 spiro atoms. The molecule has 1 aromatic heterocycles. The molecule has 56 valence electrons. The van der Waals surface area contributed by atoms with Gasteiger partial charge in [0.25, 0.3) is 0 Å². The molecule has 0 fully saturated rings. The van der Waals surface area contributed by atoms with Crippen LogP contribution in [-0.4, -0.2) is 10.2 Å². The van der Waals surface area contributed by atoms with Crippen LogP contribution in [-0.2, 0) is 0 Å². The van der Waals surface area contributed by atoms with Crippen molar-refractivity contribution in [2.45, 2.75) is 0 Å². The maximum Gasteiger partial charge on any atom is 0.0695 e. The number of anilines is 1. The van der Waals surface area contributed by atoms with Crippen molar-refractivity contribution in [1.29, 1.82) is 0 Å². The van der Waals surface area contributed by atoms with Gasteiger partial charge in [0.1, 0.15) is 0 Å². The van der Waals surface area contributed by atoms with E-state index < -0.39 is 0 Å². The van der Waals surface area contributed by atoms with Crippen LogP contribution in [0.3, 0.4) is 0 Å². The molecule has 0 saturated carbocycles. The van der Waals surface area contributed by atoms with E-state index in [1.165, 1.54) is 0 Å². The molecule has 3 nitrogen and oxygen atoms in total. The summed E-state index contributed by atoms with van der Waals surface area (Å²) in [6, 6.07) is 7.55. The highest BCUT2D eigenvalue weighted by Crippen LogP contribution is 2.20. The first kappa shape index (κ1) is 6.24. The Kier molecular flexibility index (Phi) is 1.30. The first-order valence-electron chi connectivity index (χ1n) is 3.38. The van der Waals surface area contributed by atoms with Gasteiger partial charge in [-0.05, 0) is 18.2 Å². The van der Waals surface area contributed by atoms with Gasteiger partial charge in [0.15, 0.2) is 0 Å². The second kappa shape index (κ2) is 2.29. The van der Waals surface area contributed by atoms with Gasteiger partial charge in [-0.15, -0.1) is 0 Å². The molecule has 11 heavy (non-hydrogen) atoms. The number of hydrogen-bond donors (Lipinski definition) is 3. The number of aromatic amines is 1. The Morgan fingerprint density at radius 1 is 1.27 bits per heavy atom. The summed E-state index contributed by atoms with van der Waals surface area (Å²) in [7, 11) is 0. The summed E-state index contributed by atoms with van der Waals surface area (Å²) in [5.74, 6) is 0.